The summed E-state index contributed by atoms with van der Waals surface area (Å²) in [5.74, 6) is 1.34. The average molecular weight is 341 g/mol. The molecule has 0 aliphatic carbocycles. The molecule has 0 aromatic carbocycles. The molecule has 0 rings (SSSR count). The molecule has 0 fully saturated rings. The van der Waals surface area contributed by atoms with E-state index in [2.05, 4.69) is 51.6 Å². The summed E-state index contributed by atoms with van der Waals surface area (Å²) in [6.45, 7) is 9.24. The number of rotatable bonds is 16. The Labute approximate surface area is 152 Å². The Morgan fingerprint density at radius 2 is 1.04 bits per heavy atom. The highest BCUT2D eigenvalue weighted by Gasteiger charge is 2.08. The van der Waals surface area contributed by atoms with Gasteiger partial charge >= 0.3 is 0 Å². The van der Waals surface area contributed by atoms with Crippen molar-refractivity contribution >= 4 is 11.8 Å². The van der Waals surface area contributed by atoms with Gasteiger partial charge in [-0.15, -0.1) is 0 Å². The van der Waals surface area contributed by atoms with E-state index in [9.17, 15) is 0 Å². The van der Waals surface area contributed by atoms with Crippen LogP contribution in [0.1, 0.15) is 118 Å². The van der Waals surface area contributed by atoms with Crippen molar-refractivity contribution in [2.24, 2.45) is 0 Å². The largest absolute Gasteiger partial charge is 0.156 e. The number of allylic oxidation sites excluding steroid dienone is 2. The van der Waals surface area contributed by atoms with Gasteiger partial charge < -0.3 is 0 Å². The Hall–Kier alpha value is 0.0900. The second kappa shape index (κ2) is 16.9. The van der Waals surface area contributed by atoms with Crippen LogP contribution < -0.4 is 0 Å². The van der Waals surface area contributed by atoms with E-state index in [-0.39, 0.29) is 0 Å². The van der Waals surface area contributed by atoms with Crippen molar-refractivity contribution in [3.63, 3.8) is 0 Å². The molecule has 0 aromatic rings. The zero-order chi connectivity index (χ0) is 17.2. The third-order valence-corrected chi connectivity index (χ3v) is 5.55. The summed E-state index contributed by atoms with van der Waals surface area (Å²) in [7, 11) is 0. The Bertz CT molecular complexity index is 249. The summed E-state index contributed by atoms with van der Waals surface area (Å²) < 4.78 is 0.446. The van der Waals surface area contributed by atoms with Gasteiger partial charge in [0.05, 0.1) is 0 Å². The van der Waals surface area contributed by atoms with Gasteiger partial charge in [0.1, 0.15) is 0 Å². The third kappa shape index (κ3) is 22.1. The lowest BCUT2D eigenvalue weighted by molar-refractivity contribution is 0.607. The minimum Gasteiger partial charge on any atom is -0.156 e. The molecule has 0 N–H and O–H groups in total. The molecule has 0 nitrogen and oxygen atoms in total. The Balaban J connectivity index is 3.11. The summed E-state index contributed by atoms with van der Waals surface area (Å²) in [6.07, 6.45) is 24.5. The third-order valence-electron chi connectivity index (χ3n) is 4.19. The van der Waals surface area contributed by atoms with Gasteiger partial charge in [0.15, 0.2) is 0 Å². The van der Waals surface area contributed by atoms with Crippen molar-refractivity contribution in [1.29, 1.82) is 0 Å². The molecule has 0 aliphatic heterocycles. The summed E-state index contributed by atoms with van der Waals surface area (Å²) in [5, 5.41) is 0. The molecule has 1 heteroatoms. The van der Waals surface area contributed by atoms with Crippen molar-refractivity contribution in [3.05, 3.63) is 12.2 Å². The summed E-state index contributed by atoms with van der Waals surface area (Å²) in [5.41, 5.74) is 0. The Morgan fingerprint density at radius 1 is 0.609 bits per heavy atom. The van der Waals surface area contributed by atoms with Gasteiger partial charge in [-0.05, 0) is 37.9 Å². The van der Waals surface area contributed by atoms with Crippen LogP contribution in [0.15, 0.2) is 12.2 Å². The Morgan fingerprint density at radius 3 is 1.52 bits per heavy atom. The zero-order valence-electron chi connectivity index (χ0n) is 16.7. The van der Waals surface area contributed by atoms with Crippen LogP contribution in [0.3, 0.4) is 0 Å². The quantitative estimate of drug-likeness (QED) is 0.200. The second-order valence-corrected chi connectivity index (χ2v) is 9.82. The van der Waals surface area contributed by atoms with Crippen LogP contribution in [0, 0.1) is 0 Å². The van der Waals surface area contributed by atoms with Crippen molar-refractivity contribution in [1.82, 2.24) is 0 Å². The van der Waals surface area contributed by atoms with Crippen molar-refractivity contribution in [2.75, 3.05) is 5.75 Å². The first-order valence-electron chi connectivity index (χ1n) is 10.3. The molecule has 0 spiro atoms. The number of hydrogen-bond acceptors (Lipinski definition) is 1. The molecule has 0 bridgehead atoms. The van der Waals surface area contributed by atoms with Gasteiger partial charge in [-0.3, -0.25) is 0 Å². The molecule has 0 atom stereocenters. The summed E-state index contributed by atoms with van der Waals surface area (Å²) >= 11 is 2.11. The fourth-order valence-electron chi connectivity index (χ4n) is 2.73. The maximum absolute atomic E-state index is 2.42. The lowest BCUT2D eigenvalue weighted by atomic mass is 10.1. The van der Waals surface area contributed by atoms with Crippen molar-refractivity contribution in [3.8, 4) is 0 Å². The van der Waals surface area contributed by atoms with Crippen LogP contribution in [0.4, 0.5) is 0 Å². The summed E-state index contributed by atoms with van der Waals surface area (Å²) in [4.78, 5) is 0. The highest BCUT2D eigenvalue weighted by molar-refractivity contribution is 8.00. The van der Waals surface area contributed by atoms with E-state index in [1.807, 2.05) is 0 Å². The van der Waals surface area contributed by atoms with Crippen LogP contribution in [0.25, 0.3) is 0 Å². The molecule has 0 aromatic heterocycles. The minimum atomic E-state index is 0.446. The molecular formula is C22H44S. The fourth-order valence-corrected chi connectivity index (χ4v) is 3.69. The van der Waals surface area contributed by atoms with Gasteiger partial charge in [0.25, 0.3) is 0 Å². The highest BCUT2D eigenvalue weighted by Crippen LogP contribution is 2.24. The summed E-state index contributed by atoms with van der Waals surface area (Å²) in [6, 6.07) is 0. The van der Waals surface area contributed by atoms with Crippen LogP contribution in [-0.4, -0.2) is 10.5 Å². The topological polar surface area (TPSA) is 0 Å². The van der Waals surface area contributed by atoms with E-state index in [4.69, 9.17) is 0 Å². The van der Waals surface area contributed by atoms with E-state index in [1.165, 1.54) is 95.6 Å². The lowest BCUT2D eigenvalue weighted by Crippen LogP contribution is -2.08. The molecule has 138 valence electrons. The predicted octanol–water partition coefficient (Wildman–Crippen LogP) is 8.56. The normalized spacial score (nSPS) is 12.3. The molecule has 0 saturated heterocycles. The van der Waals surface area contributed by atoms with Gasteiger partial charge in [0.2, 0.25) is 0 Å². The van der Waals surface area contributed by atoms with E-state index in [0.29, 0.717) is 4.75 Å². The van der Waals surface area contributed by atoms with Crippen molar-refractivity contribution < 1.29 is 0 Å². The van der Waals surface area contributed by atoms with Crippen LogP contribution >= 0.6 is 11.8 Å². The van der Waals surface area contributed by atoms with Crippen LogP contribution in [0.2, 0.25) is 0 Å². The molecule has 0 unspecified atom stereocenters. The average Bonchev–Trinajstić information content (AvgIpc) is 2.49. The number of thioether (sulfide) groups is 1. The van der Waals surface area contributed by atoms with Crippen LogP contribution in [0.5, 0.6) is 0 Å². The second-order valence-electron chi connectivity index (χ2n) is 7.90. The van der Waals surface area contributed by atoms with E-state index >= 15 is 0 Å². The SMILES string of the molecule is CCCCCCCC/C=C\CCCCCCCCSC(C)(C)C. The zero-order valence-corrected chi connectivity index (χ0v) is 17.5. The number of hydrogen-bond donors (Lipinski definition) is 0. The first-order chi connectivity index (χ1) is 11.1. The molecule has 0 amide bonds. The molecule has 0 radical (unpaired) electrons. The number of unbranched alkanes of at least 4 members (excludes halogenated alkanes) is 12. The Kier molecular flexibility index (Phi) is 17.0. The van der Waals surface area contributed by atoms with Gasteiger partial charge in [-0.25, -0.2) is 0 Å². The van der Waals surface area contributed by atoms with E-state index in [1.54, 1.807) is 0 Å². The monoisotopic (exact) mass is 340 g/mol. The first kappa shape index (κ1) is 23.1. The predicted molar refractivity (Wildman–Crippen MR) is 112 cm³/mol. The molecular weight excluding hydrogens is 296 g/mol. The molecule has 0 aliphatic rings. The molecule has 23 heavy (non-hydrogen) atoms. The fraction of sp³-hybridized carbons (Fsp3) is 0.909. The smallest absolute Gasteiger partial charge is 0.00750 e. The highest BCUT2D eigenvalue weighted by atomic mass is 32.2. The molecule has 0 saturated carbocycles. The van der Waals surface area contributed by atoms with Gasteiger partial charge in [0, 0.05) is 4.75 Å². The maximum Gasteiger partial charge on any atom is 0.00750 e. The standard InChI is InChI=1S/C22H44S/c1-5-6-7-8-9-10-11-12-13-14-15-16-17-18-19-20-21-23-22(2,3)4/h12-13H,5-11,14-21H2,1-4H3/b13-12-. The maximum atomic E-state index is 2.42. The van der Waals surface area contributed by atoms with Crippen molar-refractivity contribution in [2.45, 2.75) is 122 Å². The van der Waals surface area contributed by atoms with Gasteiger partial charge in [-0.1, -0.05) is 97.6 Å². The van der Waals surface area contributed by atoms with Crippen LogP contribution in [-0.2, 0) is 0 Å². The lowest BCUT2D eigenvalue weighted by Gasteiger charge is -2.17. The van der Waals surface area contributed by atoms with E-state index < -0.39 is 0 Å². The minimum absolute atomic E-state index is 0.446. The van der Waals surface area contributed by atoms with E-state index in [0.717, 1.165) is 0 Å². The molecule has 0 heterocycles. The van der Waals surface area contributed by atoms with Gasteiger partial charge in [-0.2, -0.15) is 11.8 Å². The first-order valence-corrected chi connectivity index (χ1v) is 11.3.